The fourth-order valence-corrected chi connectivity index (χ4v) is 4.39. The van der Waals surface area contributed by atoms with Gasteiger partial charge < -0.3 is 4.90 Å². The minimum atomic E-state index is -3.58. The zero-order chi connectivity index (χ0) is 15.2. The number of hydrogen-bond donors (Lipinski definition) is 1. The Bertz CT molecular complexity index is 680. The van der Waals surface area contributed by atoms with Crippen LogP contribution in [0.3, 0.4) is 0 Å². The number of aryl methyl sites for hydroxylation is 2. The maximum absolute atomic E-state index is 12.5. The molecule has 0 unspecified atom stereocenters. The highest BCUT2D eigenvalue weighted by Crippen LogP contribution is 2.31. The molecule has 1 aliphatic heterocycles. The van der Waals surface area contributed by atoms with Gasteiger partial charge in [-0.3, -0.25) is 4.79 Å². The summed E-state index contributed by atoms with van der Waals surface area (Å²) in [5.74, 6) is 0.0613. The normalized spacial score (nSPS) is 22.9. The summed E-state index contributed by atoms with van der Waals surface area (Å²) in [7, 11) is -3.58. The molecule has 21 heavy (non-hydrogen) atoms. The molecule has 1 saturated carbocycles. The van der Waals surface area contributed by atoms with Crippen LogP contribution in [-0.2, 0) is 14.8 Å². The van der Waals surface area contributed by atoms with E-state index in [0.717, 1.165) is 24.0 Å². The number of hydrogen-bond acceptors (Lipinski definition) is 3. The SMILES string of the molecule is Cc1ccc(C)c(S(=O)(=O)N[C@@H]2CC(=O)N(C3CC3)C2)c1. The van der Waals surface area contributed by atoms with Crippen LogP contribution in [0.15, 0.2) is 23.1 Å². The summed E-state index contributed by atoms with van der Waals surface area (Å²) in [4.78, 5) is 14.0. The molecule has 1 aromatic rings. The minimum absolute atomic E-state index is 0.0613. The fraction of sp³-hybridized carbons (Fsp3) is 0.533. The Kier molecular flexibility index (Phi) is 3.53. The molecule has 1 atom stereocenters. The first-order valence-electron chi connectivity index (χ1n) is 7.26. The maximum atomic E-state index is 12.5. The fourth-order valence-electron chi connectivity index (χ4n) is 2.83. The van der Waals surface area contributed by atoms with Crippen LogP contribution >= 0.6 is 0 Å². The van der Waals surface area contributed by atoms with Gasteiger partial charge in [-0.25, -0.2) is 13.1 Å². The van der Waals surface area contributed by atoms with Gasteiger partial charge in [0, 0.05) is 25.0 Å². The average molecular weight is 308 g/mol. The lowest BCUT2D eigenvalue weighted by atomic mass is 10.2. The van der Waals surface area contributed by atoms with Crippen LogP contribution in [0.1, 0.15) is 30.4 Å². The van der Waals surface area contributed by atoms with E-state index in [-0.39, 0.29) is 18.4 Å². The molecule has 0 bridgehead atoms. The van der Waals surface area contributed by atoms with Crippen molar-refractivity contribution in [1.29, 1.82) is 0 Å². The maximum Gasteiger partial charge on any atom is 0.241 e. The summed E-state index contributed by atoms with van der Waals surface area (Å²) >= 11 is 0. The van der Waals surface area contributed by atoms with Gasteiger partial charge in [-0.05, 0) is 43.9 Å². The molecule has 1 N–H and O–H groups in total. The molecule has 6 heteroatoms. The van der Waals surface area contributed by atoms with E-state index < -0.39 is 10.0 Å². The molecule has 1 amide bonds. The van der Waals surface area contributed by atoms with E-state index >= 15 is 0 Å². The number of rotatable bonds is 4. The van der Waals surface area contributed by atoms with Crippen molar-refractivity contribution in [2.45, 2.75) is 50.1 Å². The predicted octanol–water partition coefficient (Wildman–Crippen LogP) is 1.35. The molecule has 0 aromatic heterocycles. The molecule has 2 aliphatic rings. The van der Waals surface area contributed by atoms with Crippen LogP contribution < -0.4 is 4.72 Å². The summed E-state index contributed by atoms with van der Waals surface area (Å²) in [6.45, 7) is 4.14. The molecule has 1 heterocycles. The van der Waals surface area contributed by atoms with Crippen LogP contribution in [0.5, 0.6) is 0 Å². The van der Waals surface area contributed by atoms with Gasteiger partial charge in [0.15, 0.2) is 0 Å². The Morgan fingerprint density at radius 3 is 2.62 bits per heavy atom. The van der Waals surface area contributed by atoms with Crippen molar-refractivity contribution in [2.24, 2.45) is 0 Å². The number of likely N-dealkylation sites (tertiary alicyclic amines) is 1. The molecule has 5 nitrogen and oxygen atoms in total. The van der Waals surface area contributed by atoms with E-state index in [9.17, 15) is 13.2 Å². The zero-order valence-electron chi connectivity index (χ0n) is 12.3. The lowest BCUT2D eigenvalue weighted by molar-refractivity contribution is -0.128. The van der Waals surface area contributed by atoms with Crippen LogP contribution in [0.2, 0.25) is 0 Å². The smallest absolute Gasteiger partial charge is 0.241 e. The quantitative estimate of drug-likeness (QED) is 0.913. The Hall–Kier alpha value is -1.40. The van der Waals surface area contributed by atoms with Gasteiger partial charge in [-0.1, -0.05) is 12.1 Å². The van der Waals surface area contributed by atoms with Crippen LogP contribution in [0, 0.1) is 13.8 Å². The standard InChI is InChI=1S/C15H20N2O3S/c1-10-3-4-11(2)14(7-10)21(19,20)16-12-8-15(18)17(9-12)13-5-6-13/h3-4,7,12-13,16H,5-6,8-9H2,1-2H3/t12-/m1/s1. The van der Waals surface area contributed by atoms with Crippen molar-refractivity contribution < 1.29 is 13.2 Å². The van der Waals surface area contributed by atoms with Crippen molar-refractivity contribution in [2.75, 3.05) is 6.54 Å². The first-order valence-corrected chi connectivity index (χ1v) is 8.74. The van der Waals surface area contributed by atoms with Gasteiger partial charge in [0.2, 0.25) is 15.9 Å². The second-order valence-corrected chi connectivity index (χ2v) is 7.75. The summed E-state index contributed by atoms with van der Waals surface area (Å²) in [6.07, 6.45) is 2.35. The Morgan fingerprint density at radius 2 is 1.95 bits per heavy atom. The number of nitrogens with zero attached hydrogens (tertiary/aromatic N) is 1. The van der Waals surface area contributed by atoms with E-state index in [1.807, 2.05) is 17.9 Å². The predicted molar refractivity (Wildman–Crippen MR) is 79.4 cm³/mol. The molecule has 3 rings (SSSR count). The van der Waals surface area contributed by atoms with Gasteiger partial charge in [0.25, 0.3) is 0 Å². The first-order chi connectivity index (χ1) is 9.87. The Balaban J connectivity index is 1.77. The van der Waals surface area contributed by atoms with Crippen molar-refractivity contribution in [1.82, 2.24) is 9.62 Å². The van der Waals surface area contributed by atoms with Crippen LogP contribution in [0.25, 0.3) is 0 Å². The second kappa shape index (κ2) is 5.10. The molecule has 114 valence electrons. The highest BCUT2D eigenvalue weighted by molar-refractivity contribution is 7.89. The minimum Gasteiger partial charge on any atom is -0.338 e. The third kappa shape index (κ3) is 2.96. The van der Waals surface area contributed by atoms with Gasteiger partial charge in [0.05, 0.1) is 4.90 Å². The third-order valence-electron chi connectivity index (χ3n) is 4.10. The highest BCUT2D eigenvalue weighted by atomic mass is 32.2. The van der Waals surface area contributed by atoms with E-state index in [1.54, 1.807) is 19.1 Å². The van der Waals surface area contributed by atoms with E-state index in [1.165, 1.54) is 0 Å². The van der Waals surface area contributed by atoms with Gasteiger partial charge in [-0.2, -0.15) is 0 Å². The lowest BCUT2D eigenvalue weighted by Gasteiger charge is -2.17. The summed E-state index contributed by atoms with van der Waals surface area (Å²) in [5, 5.41) is 0. The van der Waals surface area contributed by atoms with Crippen LogP contribution in [0.4, 0.5) is 0 Å². The van der Waals surface area contributed by atoms with E-state index in [4.69, 9.17) is 0 Å². The number of carbonyl (C=O) groups is 1. The van der Waals surface area contributed by atoms with Gasteiger partial charge >= 0.3 is 0 Å². The largest absolute Gasteiger partial charge is 0.338 e. The van der Waals surface area contributed by atoms with Gasteiger partial charge in [0.1, 0.15) is 0 Å². The van der Waals surface area contributed by atoms with E-state index in [2.05, 4.69) is 4.72 Å². The second-order valence-electron chi connectivity index (χ2n) is 6.07. The van der Waals surface area contributed by atoms with Crippen molar-refractivity contribution in [3.05, 3.63) is 29.3 Å². The van der Waals surface area contributed by atoms with Crippen LogP contribution in [-0.4, -0.2) is 37.9 Å². The molecular formula is C15H20N2O3S. The molecule has 2 fully saturated rings. The zero-order valence-corrected chi connectivity index (χ0v) is 13.1. The number of benzene rings is 1. The number of carbonyl (C=O) groups excluding carboxylic acids is 1. The highest BCUT2D eigenvalue weighted by Gasteiger charge is 2.40. The van der Waals surface area contributed by atoms with Crippen molar-refractivity contribution in [3.8, 4) is 0 Å². The first kappa shape index (κ1) is 14.5. The Morgan fingerprint density at radius 1 is 1.24 bits per heavy atom. The number of sulfonamides is 1. The monoisotopic (exact) mass is 308 g/mol. The topological polar surface area (TPSA) is 66.5 Å². The average Bonchev–Trinajstić information content (AvgIpc) is 3.17. The number of amides is 1. The van der Waals surface area contributed by atoms with Gasteiger partial charge in [-0.15, -0.1) is 0 Å². The third-order valence-corrected chi connectivity index (χ3v) is 5.76. The molecule has 1 saturated heterocycles. The molecule has 1 aromatic carbocycles. The summed E-state index contributed by atoms with van der Waals surface area (Å²) in [5.41, 5.74) is 1.62. The lowest BCUT2D eigenvalue weighted by Crippen LogP contribution is -2.37. The van der Waals surface area contributed by atoms with E-state index in [0.29, 0.717) is 17.5 Å². The summed E-state index contributed by atoms with van der Waals surface area (Å²) in [6, 6.07) is 5.39. The Labute approximate surface area is 125 Å². The van der Waals surface area contributed by atoms with Crippen molar-refractivity contribution >= 4 is 15.9 Å². The summed E-state index contributed by atoms with van der Waals surface area (Å²) < 4.78 is 27.7. The molecular weight excluding hydrogens is 288 g/mol. The van der Waals surface area contributed by atoms with Crippen molar-refractivity contribution in [3.63, 3.8) is 0 Å². The molecule has 0 radical (unpaired) electrons. The molecule has 1 aliphatic carbocycles. The molecule has 0 spiro atoms. The number of nitrogens with one attached hydrogen (secondary N) is 1.